The number of ether oxygens (including phenoxy) is 1. The number of nitrogens with zero attached hydrogens (tertiary/aromatic N) is 5. The monoisotopic (exact) mass is 389 g/mol. The number of halogens is 1. The highest BCUT2D eigenvalue weighted by Crippen LogP contribution is 2.29. The van der Waals surface area contributed by atoms with E-state index in [4.69, 9.17) is 11.3 Å². The molecule has 0 atom stereocenters. The van der Waals surface area contributed by atoms with Crippen molar-refractivity contribution in [3.05, 3.63) is 71.7 Å². The van der Waals surface area contributed by atoms with E-state index >= 15 is 0 Å². The summed E-state index contributed by atoms with van der Waals surface area (Å²) in [7, 11) is 1.84. The second-order valence-electron chi connectivity index (χ2n) is 6.36. The standard InChI is InChI=1S/C21H16FN5O2/c1-4-29-21(28)19-12-27(15-6-8-17-14(9-15)11-26(3)25-17)20(24-19)13-5-7-18(23-2)16(22)10-13/h5-12H,4H2,1,3H3. The number of carbonyl (C=O) groups is 1. The van der Waals surface area contributed by atoms with Crippen LogP contribution in [0.15, 0.2) is 48.8 Å². The van der Waals surface area contributed by atoms with Gasteiger partial charge in [0.1, 0.15) is 11.6 Å². The third kappa shape index (κ3) is 3.34. The lowest BCUT2D eigenvalue weighted by Gasteiger charge is -2.08. The van der Waals surface area contributed by atoms with Crippen LogP contribution < -0.4 is 0 Å². The van der Waals surface area contributed by atoms with E-state index in [9.17, 15) is 9.18 Å². The molecular weight excluding hydrogens is 373 g/mol. The molecule has 2 heterocycles. The maximum atomic E-state index is 14.2. The lowest BCUT2D eigenvalue weighted by atomic mass is 10.1. The fourth-order valence-corrected chi connectivity index (χ4v) is 3.11. The first-order valence-electron chi connectivity index (χ1n) is 8.88. The van der Waals surface area contributed by atoms with Crippen molar-refractivity contribution in [2.24, 2.45) is 7.05 Å². The summed E-state index contributed by atoms with van der Waals surface area (Å²) in [6.45, 7) is 8.95. The first kappa shape index (κ1) is 18.4. The number of esters is 1. The van der Waals surface area contributed by atoms with Crippen LogP contribution in [0.5, 0.6) is 0 Å². The number of carbonyl (C=O) groups excluding carboxylic acids is 1. The minimum Gasteiger partial charge on any atom is -0.461 e. The molecule has 0 saturated carbocycles. The Bertz CT molecular complexity index is 1280. The van der Waals surface area contributed by atoms with Crippen LogP contribution >= 0.6 is 0 Å². The highest BCUT2D eigenvalue weighted by Gasteiger charge is 2.19. The van der Waals surface area contributed by atoms with Crippen molar-refractivity contribution in [1.82, 2.24) is 19.3 Å². The smallest absolute Gasteiger partial charge is 0.358 e. The molecule has 0 aliphatic rings. The molecule has 0 aliphatic carbocycles. The van der Waals surface area contributed by atoms with Crippen molar-refractivity contribution in [2.45, 2.75) is 6.92 Å². The summed E-state index contributed by atoms with van der Waals surface area (Å²) >= 11 is 0. The Hall–Kier alpha value is -3.99. The van der Waals surface area contributed by atoms with Gasteiger partial charge in [-0.1, -0.05) is 12.1 Å². The number of fused-ring (bicyclic) bond motifs is 1. The molecule has 0 spiro atoms. The van der Waals surface area contributed by atoms with Crippen LogP contribution in [0, 0.1) is 12.4 Å². The minimum absolute atomic E-state index is 0.0748. The van der Waals surface area contributed by atoms with Gasteiger partial charge in [-0.15, -0.1) is 0 Å². The summed E-state index contributed by atoms with van der Waals surface area (Å²) in [5.74, 6) is -0.840. The number of hydrogen-bond acceptors (Lipinski definition) is 4. The van der Waals surface area contributed by atoms with E-state index in [2.05, 4.69) is 14.9 Å². The van der Waals surface area contributed by atoms with E-state index in [1.807, 2.05) is 31.4 Å². The summed E-state index contributed by atoms with van der Waals surface area (Å²) in [4.78, 5) is 19.8. The van der Waals surface area contributed by atoms with Crippen molar-refractivity contribution in [3.8, 4) is 17.1 Å². The number of rotatable bonds is 4. The van der Waals surface area contributed by atoms with E-state index in [1.54, 1.807) is 28.4 Å². The average molecular weight is 389 g/mol. The van der Waals surface area contributed by atoms with Gasteiger partial charge in [0.2, 0.25) is 5.69 Å². The van der Waals surface area contributed by atoms with Gasteiger partial charge < -0.3 is 4.74 Å². The molecule has 2 aromatic heterocycles. The Kier molecular flexibility index (Phi) is 4.56. The van der Waals surface area contributed by atoms with Gasteiger partial charge in [-0.2, -0.15) is 5.10 Å². The van der Waals surface area contributed by atoms with Crippen LogP contribution in [-0.4, -0.2) is 31.9 Å². The van der Waals surface area contributed by atoms with Gasteiger partial charge in [0, 0.05) is 36.1 Å². The van der Waals surface area contributed by atoms with E-state index in [1.165, 1.54) is 12.1 Å². The van der Waals surface area contributed by atoms with Gasteiger partial charge in [-0.3, -0.25) is 9.25 Å². The van der Waals surface area contributed by atoms with Gasteiger partial charge in [-0.05, 0) is 31.2 Å². The van der Waals surface area contributed by atoms with Crippen molar-refractivity contribution in [2.75, 3.05) is 6.61 Å². The van der Waals surface area contributed by atoms with Crippen LogP contribution in [0.1, 0.15) is 17.4 Å². The average Bonchev–Trinajstić information content (AvgIpc) is 3.30. The fourth-order valence-electron chi connectivity index (χ4n) is 3.11. The number of benzene rings is 2. The third-order valence-electron chi connectivity index (χ3n) is 4.40. The van der Waals surface area contributed by atoms with Crippen molar-refractivity contribution >= 4 is 22.6 Å². The zero-order valence-corrected chi connectivity index (χ0v) is 15.8. The fraction of sp³-hybridized carbons (Fsp3) is 0.143. The third-order valence-corrected chi connectivity index (χ3v) is 4.40. The first-order valence-corrected chi connectivity index (χ1v) is 8.88. The Morgan fingerprint density at radius 2 is 2.07 bits per heavy atom. The first-order chi connectivity index (χ1) is 14.0. The summed E-state index contributed by atoms with van der Waals surface area (Å²) in [6, 6.07) is 9.86. The van der Waals surface area contributed by atoms with E-state index in [-0.39, 0.29) is 18.0 Å². The predicted octanol–water partition coefficient (Wildman–Crippen LogP) is 4.29. The predicted molar refractivity (Wildman–Crippen MR) is 105 cm³/mol. The topological polar surface area (TPSA) is 66.3 Å². The number of aromatic nitrogens is 4. The Morgan fingerprint density at radius 3 is 2.79 bits per heavy atom. The molecule has 0 N–H and O–H groups in total. The Labute approximate surface area is 165 Å². The largest absolute Gasteiger partial charge is 0.461 e. The SMILES string of the molecule is [C-]#[N+]c1ccc(-c2nc(C(=O)OCC)cn2-c2ccc3nn(C)cc3c2)cc1F. The van der Waals surface area contributed by atoms with Gasteiger partial charge >= 0.3 is 5.97 Å². The summed E-state index contributed by atoms with van der Waals surface area (Å²) in [5, 5.41) is 5.27. The second-order valence-corrected chi connectivity index (χ2v) is 6.36. The van der Waals surface area contributed by atoms with E-state index in [0.717, 1.165) is 16.6 Å². The van der Waals surface area contributed by atoms with Crippen molar-refractivity contribution in [3.63, 3.8) is 0 Å². The van der Waals surface area contributed by atoms with Crippen LogP contribution in [0.4, 0.5) is 10.1 Å². The summed E-state index contributed by atoms with van der Waals surface area (Å²) in [6.07, 6.45) is 3.44. The molecule has 0 radical (unpaired) electrons. The number of imidazole rings is 1. The van der Waals surface area contributed by atoms with Gasteiger partial charge in [0.15, 0.2) is 5.69 Å². The van der Waals surface area contributed by atoms with Crippen LogP contribution in [0.2, 0.25) is 0 Å². The number of aryl methyl sites for hydroxylation is 1. The molecule has 7 nitrogen and oxygen atoms in total. The maximum absolute atomic E-state index is 14.2. The second kappa shape index (κ2) is 7.20. The molecule has 144 valence electrons. The highest BCUT2D eigenvalue weighted by atomic mass is 19.1. The van der Waals surface area contributed by atoms with E-state index < -0.39 is 11.8 Å². The molecule has 0 amide bonds. The molecule has 29 heavy (non-hydrogen) atoms. The quantitative estimate of drug-likeness (QED) is 0.386. The van der Waals surface area contributed by atoms with Crippen LogP contribution in [0.25, 0.3) is 32.8 Å². The van der Waals surface area contributed by atoms with Gasteiger partial charge in [-0.25, -0.2) is 19.0 Å². The Morgan fingerprint density at radius 1 is 1.24 bits per heavy atom. The Balaban J connectivity index is 1.90. The molecule has 8 heteroatoms. The molecular formula is C21H16FN5O2. The summed E-state index contributed by atoms with van der Waals surface area (Å²) in [5.41, 5.74) is 2.04. The zero-order valence-electron chi connectivity index (χ0n) is 15.8. The van der Waals surface area contributed by atoms with Crippen molar-refractivity contribution < 1.29 is 13.9 Å². The highest BCUT2D eigenvalue weighted by molar-refractivity contribution is 5.88. The molecule has 0 fully saturated rings. The van der Waals surface area contributed by atoms with Crippen LogP contribution in [-0.2, 0) is 11.8 Å². The lowest BCUT2D eigenvalue weighted by molar-refractivity contribution is 0.0520. The number of hydrogen-bond donors (Lipinski definition) is 0. The van der Waals surface area contributed by atoms with E-state index in [0.29, 0.717) is 11.4 Å². The zero-order chi connectivity index (χ0) is 20.5. The van der Waals surface area contributed by atoms with Gasteiger partial charge in [0.05, 0.1) is 18.7 Å². The molecule has 4 aromatic rings. The summed E-state index contributed by atoms with van der Waals surface area (Å²) < 4.78 is 22.7. The molecule has 0 unspecified atom stereocenters. The molecule has 0 saturated heterocycles. The van der Waals surface area contributed by atoms with Gasteiger partial charge in [0.25, 0.3) is 0 Å². The normalized spacial score (nSPS) is 10.8. The molecule has 2 aromatic carbocycles. The van der Waals surface area contributed by atoms with Crippen molar-refractivity contribution in [1.29, 1.82) is 0 Å². The molecule has 4 rings (SSSR count). The molecule has 0 aliphatic heterocycles. The van der Waals surface area contributed by atoms with Crippen LogP contribution in [0.3, 0.4) is 0 Å². The minimum atomic E-state index is -0.646. The molecule has 0 bridgehead atoms. The maximum Gasteiger partial charge on any atom is 0.358 e. The lowest BCUT2D eigenvalue weighted by Crippen LogP contribution is -2.04.